The fourth-order valence-corrected chi connectivity index (χ4v) is 3.66. The largest absolute Gasteiger partial charge is 0.451 e. The van der Waals surface area contributed by atoms with E-state index in [1.165, 1.54) is 24.0 Å². The summed E-state index contributed by atoms with van der Waals surface area (Å²) in [6.45, 7) is 2.19. The minimum Gasteiger partial charge on any atom is -0.451 e. The molecule has 0 fully saturated rings. The van der Waals surface area contributed by atoms with Gasteiger partial charge in [0, 0.05) is 17.8 Å². The minimum absolute atomic E-state index is 0.311. The van der Waals surface area contributed by atoms with Gasteiger partial charge in [0.05, 0.1) is 5.69 Å². The molecule has 0 unspecified atom stereocenters. The zero-order valence-corrected chi connectivity index (χ0v) is 10.8. The van der Waals surface area contributed by atoms with Crippen molar-refractivity contribution >= 4 is 21.4 Å². The van der Waals surface area contributed by atoms with E-state index in [1.807, 2.05) is 6.92 Å². The van der Waals surface area contributed by atoms with Gasteiger partial charge >= 0.3 is 0 Å². The van der Waals surface area contributed by atoms with Crippen LogP contribution in [0.1, 0.15) is 10.6 Å². The second-order valence-electron chi connectivity index (χ2n) is 3.49. The van der Waals surface area contributed by atoms with Crippen molar-refractivity contribution in [1.82, 2.24) is 9.71 Å². The molecule has 7 heteroatoms. The highest BCUT2D eigenvalue weighted by molar-refractivity contribution is 7.91. The first-order chi connectivity index (χ1) is 8.08. The molecule has 0 aliphatic heterocycles. The third kappa shape index (κ3) is 3.15. The molecular weight excluding hydrogens is 260 g/mol. The molecule has 0 amide bonds. The van der Waals surface area contributed by atoms with E-state index in [0.717, 1.165) is 10.6 Å². The minimum atomic E-state index is -3.38. The van der Waals surface area contributed by atoms with E-state index in [2.05, 4.69) is 9.71 Å². The lowest BCUT2D eigenvalue weighted by molar-refractivity contribution is 0.555. The van der Waals surface area contributed by atoms with Gasteiger partial charge in [-0.3, -0.25) is 0 Å². The monoisotopic (exact) mass is 272 g/mol. The fraction of sp³-hybridized carbons (Fsp3) is 0.300. The van der Waals surface area contributed by atoms with Gasteiger partial charge in [0.1, 0.15) is 10.5 Å². The van der Waals surface area contributed by atoms with Crippen LogP contribution in [0.15, 0.2) is 33.4 Å². The van der Waals surface area contributed by atoms with E-state index < -0.39 is 10.0 Å². The third-order valence-electron chi connectivity index (χ3n) is 2.14. The highest BCUT2D eigenvalue weighted by Crippen LogP contribution is 2.20. The number of aromatic nitrogens is 1. The highest BCUT2D eigenvalue weighted by Gasteiger charge is 2.15. The summed E-state index contributed by atoms with van der Waals surface area (Å²) < 4.78 is 31.3. The molecule has 0 aromatic carbocycles. The SMILES string of the molecule is Cc1ccc(S(=O)(=O)NCCc2cocn2)s1. The number of hydrogen-bond acceptors (Lipinski definition) is 5. The number of nitrogens with zero attached hydrogens (tertiary/aromatic N) is 1. The van der Waals surface area contributed by atoms with Gasteiger partial charge in [0.2, 0.25) is 10.0 Å². The zero-order valence-electron chi connectivity index (χ0n) is 9.21. The smallest absolute Gasteiger partial charge is 0.250 e. The van der Waals surface area contributed by atoms with Crippen LogP contribution < -0.4 is 4.72 Å². The lowest BCUT2D eigenvalue weighted by Crippen LogP contribution is -2.25. The standard InChI is InChI=1S/C10H12N2O3S2/c1-8-2-3-10(16-8)17(13,14)12-5-4-9-6-15-7-11-9/h2-3,6-7,12H,4-5H2,1H3. The Morgan fingerprint density at radius 3 is 2.88 bits per heavy atom. The van der Waals surface area contributed by atoms with Crippen molar-refractivity contribution < 1.29 is 12.8 Å². The molecule has 0 aliphatic carbocycles. The van der Waals surface area contributed by atoms with Crippen LogP contribution in [0, 0.1) is 6.92 Å². The average molecular weight is 272 g/mol. The predicted octanol–water partition coefficient (Wildman–Crippen LogP) is 1.57. The fourth-order valence-electron chi connectivity index (χ4n) is 1.30. The van der Waals surface area contributed by atoms with Crippen LogP contribution in [0.5, 0.6) is 0 Å². The summed E-state index contributed by atoms with van der Waals surface area (Å²) in [5.74, 6) is 0. The lowest BCUT2D eigenvalue weighted by atomic mass is 10.3. The lowest BCUT2D eigenvalue weighted by Gasteiger charge is -2.02. The van der Waals surface area contributed by atoms with Crippen LogP contribution in [0.25, 0.3) is 0 Å². The predicted molar refractivity (Wildman–Crippen MR) is 64.5 cm³/mol. The average Bonchev–Trinajstić information content (AvgIpc) is 2.89. The highest BCUT2D eigenvalue weighted by atomic mass is 32.2. The molecule has 0 saturated heterocycles. The Morgan fingerprint density at radius 1 is 1.47 bits per heavy atom. The Morgan fingerprint density at radius 2 is 2.29 bits per heavy atom. The van der Waals surface area contributed by atoms with Crippen molar-refractivity contribution in [3.8, 4) is 0 Å². The molecule has 2 heterocycles. The van der Waals surface area contributed by atoms with Crippen molar-refractivity contribution in [1.29, 1.82) is 0 Å². The summed E-state index contributed by atoms with van der Waals surface area (Å²) >= 11 is 1.26. The van der Waals surface area contributed by atoms with Crippen molar-refractivity contribution in [3.63, 3.8) is 0 Å². The Hall–Kier alpha value is -1.18. The van der Waals surface area contributed by atoms with E-state index in [0.29, 0.717) is 17.2 Å². The van der Waals surface area contributed by atoms with Crippen LogP contribution in [-0.4, -0.2) is 19.9 Å². The van der Waals surface area contributed by atoms with Gasteiger partial charge in [-0.25, -0.2) is 18.1 Å². The molecule has 0 spiro atoms. The molecule has 0 atom stereocenters. The molecule has 0 bridgehead atoms. The Labute approximate surface area is 104 Å². The van der Waals surface area contributed by atoms with Crippen LogP contribution in [0.4, 0.5) is 0 Å². The van der Waals surface area contributed by atoms with E-state index in [-0.39, 0.29) is 0 Å². The summed E-state index contributed by atoms with van der Waals surface area (Å²) in [5, 5.41) is 0. The van der Waals surface area contributed by atoms with Gasteiger partial charge < -0.3 is 4.42 Å². The molecule has 2 aromatic heterocycles. The maximum absolute atomic E-state index is 11.8. The number of oxazole rings is 1. The summed E-state index contributed by atoms with van der Waals surface area (Å²) in [7, 11) is -3.38. The second kappa shape index (κ2) is 4.99. The molecule has 0 aliphatic rings. The van der Waals surface area contributed by atoms with Crippen LogP contribution in [-0.2, 0) is 16.4 Å². The number of aryl methyl sites for hydroxylation is 1. The number of thiophene rings is 1. The first kappa shape index (κ1) is 12.3. The van der Waals surface area contributed by atoms with Crippen molar-refractivity contribution in [2.75, 3.05) is 6.54 Å². The maximum atomic E-state index is 11.8. The van der Waals surface area contributed by atoms with Crippen LogP contribution >= 0.6 is 11.3 Å². The second-order valence-corrected chi connectivity index (χ2v) is 6.77. The molecule has 0 radical (unpaired) electrons. The van der Waals surface area contributed by atoms with Crippen LogP contribution in [0.2, 0.25) is 0 Å². The molecule has 2 rings (SSSR count). The molecule has 5 nitrogen and oxygen atoms in total. The van der Waals surface area contributed by atoms with Gasteiger partial charge in [-0.1, -0.05) is 0 Å². The Kier molecular flexibility index (Phi) is 3.60. The summed E-state index contributed by atoms with van der Waals surface area (Å²) in [5.41, 5.74) is 0.732. The van der Waals surface area contributed by atoms with E-state index >= 15 is 0 Å². The maximum Gasteiger partial charge on any atom is 0.250 e. The van der Waals surface area contributed by atoms with Crippen molar-refractivity contribution in [2.45, 2.75) is 17.6 Å². The van der Waals surface area contributed by atoms with Gasteiger partial charge in [-0.15, -0.1) is 11.3 Å². The van der Waals surface area contributed by atoms with E-state index in [1.54, 1.807) is 12.1 Å². The molecule has 1 N–H and O–H groups in total. The Balaban J connectivity index is 1.94. The van der Waals surface area contributed by atoms with Gasteiger partial charge in [0.25, 0.3) is 0 Å². The van der Waals surface area contributed by atoms with E-state index in [9.17, 15) is 8.42 Å². The molecule has 0 saturated carbocycles. The normalized spacial score (nSPS) is 11.8. The number of nitrogens with one attached hydrogen (secondary N) is 1. The Bertz CT molecular complexity index is 572. The number of sulfonamides is 1. The molecule has 2 aromatic rings. The number of hydrogen-bond donors (Lipinski definition) is 1. The van der Waals surface area contributed by atoms with Crippen molar-refractivity contribution in [3.05, 3.63) is 35.4 Å². The molecular formula is C10H12N2O3S2. The summed E-state index contributed by atoms with van der Waals surface area (Å²) in [6.07, 6.45) is 3.34. The first-order valence-corrected chi connectivity index (χ1v) is 7.31. The van der Waals surface area contributed by atoms with Crippen molar-refractivity contribution in [2.24, 2.45) is 0 Å². The van der Waals surface area contributed by atoms with Gasteiger partial charge in [0.15, 0.2) is 6.39 Å². The summed E-state index contributed by atoms with van der Waals surface area (Å²) in [4.78, 5) is 4.89. The topological polar surface area (TPSA) is 72.2 Å². The van der Waals surface area contributed by atoms with Gasteiger partial charge in [-0.05, 0) is 19.1 Å². The molecule has 17 heavy (non-hydrogen) atoms. The molecule has 92 valence electrons. The van der Waals surface area contributed by atoms with Crippen LogP contribution in [0.3, 0.4) is 0 Å². The van der Waals surface area contributed by atoms with Gasteiger partial charge in [-0.2, -0.15) is 0 Å². The quantitative estimate of drug-likeness (QED) is 0.896. The summed E-state index contributed by atoms with van der Waals surface area (Å²) in [6, 6.07) is 3.40. The third-order valence-corrected chi connectivity index (χ3v) is 5.09. The van der Waals surface area contributed by atoms with E-state index in [4.69, 9.17) is 4.42 Å². The first-order valence-electron chi connectivity index (χ1n) is 5.01. The number of rotatable bonds is 5. The zero-order chi connectivity index (χ0) is 12.3.